The summed E-state index contributed by atoms with van der Waals surface area (Å²) >= 11 is 0. The van der Waals surface area contributed by atoms with Crippen molar-refractivity contribution in [3.8, 4) is 0 Å². The van der Waals surface area contributed by atoms with E-state index in [2.05, 4.69) is 15.3 Å². The van der Waals surface area contributed by atoms with Gasteiger partial charge in [0.1, 0.15) is 0 Å². The molecule has 1 aromatic rings. The second kappa shape index (κ2) is 5.09. The third-order valence-corrected chi connectivity index (χ3v) is 2.97. The van der Waals surface area contributed by atoms with E-state index >= 15 is 0 Å². The Morgan fingerprint density at radius 3 is 3.00 bits per heavy atom. The maximum atomic E-state index is 10.9. The Balaban J connectivity index is 2.01. The first kappa shape index (κ1) is 11.8. The van der Waals surface area contributed by atoms with E-state index in [0.29, 0.717) is 18.3 Å². The number of nitrogens with zero attached hydrogens (tertiary/aromatic N) is 2. The molecule has 2 unspecified atom stereocenters. The van der Waals surface area contributed by atoms with Crippen LogP contribution in [0, 0.1) is 5.92 Å². The fourth-order valence-corrected chi connectivity index (χ4v) is 1.90. The second-order valence-corrected chi connectivity index (χ2v) is 4.06. The van der Waals surface area contributed by atoms with Gasteiger partial charge in [-0.3, -0.25) is 0 Å². The Morgan fingerprint density at radius 1 is 1.59 bits per heavy atom. The smallest absolute Gasteiger partial charge is 0.358 e. The lowest BCUT2D eigenvalue weighted by Gasteiger charge is -2.15. The van der Waals surface area contributed by atoms with E-state index in [1.54, 1.807) is 0 Å². The monoisotopic (exact) mass is 237 g/mol. The summed E-state index contributed by atoms with van der Waals surface area (Å²) in [5.74, 6) is -0.367. The van der Waals surface area contributed by atoms with Crippen LogP contribution in [-0.2, 0) is 4.74 Å². The highest BCUT2D eigenvalue weighted by Crippen LogP contribution is 2.21. The summed E-state index contributed by atoms with van der Waals surface area (Å²) in [4.78, 5) is 18.7. The summed E-state index contributed by atoms with van der Waals surface area (Å²) in [5, 5.41) is 12.0. The maximum Gasteiger partial charge on any atom is 0.358 e. The molecule has 0 aliphatic carbocycles. The minimum atomic E-state index is -1.07. The molecular formula is C11H15N3O3. The first-order valence-corrected chi connectivity index (χ1v) is 5.58. The first-order valence-electron chi connectivity index (χ1n) is 5.58. The molecule has 2 atom stereocenters. The van der Waals surface area contributed by atoms with Crippen LogP contribution in [0.1, 0.15) is 23.8 Å². The molecule has 2 N–H and O–H groups in total. The van der Waals surface area contributed by atoms with Gasteiger partial charge >= 0.3 is 5.97 Å². The lowest BCUT2D eigenvalue weighted by atomic mass is 10.0. The molecule has 0 spiro atoms. The number of carboxylic acids is 1. The average Bonchev–Trinajstić information content (AvgIpc) is 2.72. The molecule has 17 heavy (non-hydrogen) atoms. The average molecular weight is 237 g/mol. The first-order chi connectivity index (χ1) is 8.18. The van der Waals surface area contributed by atoms with Crippen LogP contribution in [0.3, 0.4) is 0 Å². The zero-order chi connectivity index (χ0) is 12.3. The minimum absolute atomic E-state index is 0.0425. The number of carboxylic acid groups (broad SMARTS) is 1. The van der Waals surface area contributed by atoms with Gasteiger partial charge in [0.25, 0.3) is 0 Å². The van der Waals surface area contributed by atoms with E-state index in [9.17, 15) is 4.79 Å². The van der Waals surface area contributed by atoms with Gasteiger partial charge < -0.3 is 15.2 Å². The summed E-state index contributed by atoms with van der Waals surface area (Å²) in [6.45, 7) is 3.44. The summed E-state index contributed by atoms with van der Waals surface area (Å²) in [6, 6.07) is 0. The molecule has 1 aliphatic rings. The Hall–Kier alpha value is -1.69. The lowest BCUT2D eigenvalue weighted by Crippen LogP contribution is -2.22. The Kier molecular flexibility index (Phi) is 3.53. The minimum Gasteiger partial charge on any atom is -0.476 e. The number of hydrogen-bond donors (Lipinski definition) is 2. The molecule has 2 rings (SSSR count). The molecule has 1 aliphatic heterocycles. The largest absolute Gasteiger partial charge is 0.476 e. The van der Waals surface area contributed by atoms with Crippen LogP contribution in [0.5, 0.6) is 0 Å². The molecule has 1 saturated heterocycles. The number of aromatic carboxylic acids is 1. The van der Waals surface area contributed by atoms with Crippen molar-refractivity contribution >= 4 is 11.8 Å². The van der Waals surface area contributed by atoms with Gasteiger partial charge in [-0.1, -0.05) is 0 Å². The molecule has 2 heterocycles. The van der Waals surface area contributed by atoms with Gasteiger partial charge in [0, 0.05) is 31.5 Å². The van der Waals surface area contributed by atoms with Gasteiger partial charge in [-0.05, 0) is 13.3 Å². The molecule has 1 fully saturated rings. The van der Waals surface area contributed by atoms with Crippen molar-refractivity contribution in [3.05, 3.63) is 18.1 Å². The number of hydrogen-bond acceptors (Lipinski definition) is 5. The van der Waals surface area contributed by atoms with Crippen molar-refractivity contribution in [3.63, 3.8) is 0 Å². The van der Waals surface area contributed by atoms with Crippen LogP contribution in [-0.4, -0.2) is 40.3 Å². The zero-order valence-corrected chi connectivity index (χ0v) is 9.59. The van der Waals surface area contributed by atoms with Crippen LogP contribution in [0.15, 0.2) is 12.4 Å². The second-order valence-electron chi connectivity index (χ2n) is 4.06. The highest BCUT2D eigenvalue weighted by atomic mass is 16.5. The summed E-state index contributed by atoms with van der Waals surface area (Å²) in [6.07, 6.45) is 4.03. The van der Waals surface area contributed by atoms with Crippen molar-refractivity contribution in [1.29, 1.82) is 0 Å². The molecule has 0 saturated carbocycles. The van der Waals surface area contributed by atoms with Crippen LogP contribution in [0.4, 0.5) is 5.82 Å². The molecule has 92 valence electrons. The van der Waals surface area contributed by atoms with Crippen LogP contribution < -0.4 is 5.32 Å². The van der Waals surface area contributed by atoms with Gasteiger partial charge in [0.05, 0.1) is 6.10 Å². The summed E-state index contributed by atoms with van der Waals surface area (Å²) in [5.41, 5.74) is -0.0425. The molecule has 6 nitrogen and oxygen atoms in total. The lowest BCUT2D eigenvalue weighted by molar-refractivity contribution is 0.0691. The van der Waals surface area contributed by atoms with Gasteiger partial charge in [-0.2, -0.15) is 0 Å². The standard InChI is InChI=1S/C11H15N3O3/c1-7-8(2-5-17-7)6-14-10-9(11(15)16)12-3-4-13-10/h3-4,7-8H,2,5-6H2,1H3,(H,13,14)(H,15,16). The van der Waals surface area contributed by atoms with Gasteiger partial charge in [-0.15, -0.1) is 0 Å². The molecule has 0 amide bonds. The van der Waals surface area contributed by atoms with E-state index in [1.807, 2.05) is 6.92 Å². The van der Waals surface area contributed by atoms with Gasteiger partial charge in [0.2, 0.25) is 0 Å². The maximum absolute atomic E-state index is 10.9. The van der Waals surface area contributed by atoms with E-state index < -0.39 is 5.97 Å². The Bertz CT molecular complexity index is 411. The Labute approximate surface area is 99.0 Å². The summed E-state index contributed by atoms with van der Waals surface area (Å²) in [7, 11) is 0. The van der Waals surface area contributed by atoms with Crippen molar-refractivity contribution < 1.29 is 14.6 Å². The zero-order valence-electron chi connectivity index (χ0n) is 9.59. The van der Waals surface area contributed by atoms with Crippen LogP contribution in [0.25, 0.3) is 0 Å². The molecule has 0 aromatic carbocycles. The van der Waals surface area contributed by atoms with Crippen molar-refractivity contribution in [2.45, 2.75) is 19.4 Å². The topological polar surface area (TPSA) is 84.3 Å². The van der Waals surface area contributed by atoms with E-state index in [1.165, 1.54) is 12.4 Å². The molecule has 0 radical (unpaired) electrons. The predicted octanol–water partition coefficient (Wildman–Crippen LogP) is 1.01. The fraction of sp³-hybridized carbons (Fsp3) is 0.545. The number of anilines is 1. The molecular weight excluding hydrogens is 222 g/mol. The van der Waals surface area contributed by atoms with E-state index in [4.69, 9.17) is 9.84 Å². The SMILES string of the molecule is CC1OCCC1CNc1nccnc1C(=O)O. The van der Waals surface area contributed by atoms with Gasteiger partial charge in [0.15, 0.2) is 11.5 Å². The van der Waals surface area contributed by atoms with Crippen LogP contribution in [0.2, 0.25) is 0 Å². The third-order valence-electron chi connectivity index (χ3n) is 2.97. The highest BCUT2D eigenvalue weighted by molar-refractivity contribution is 5.90. The normalized spacial score (nSPS) is 23.6. The Morgan fingerprint density at radius 2 is 2.35 bits per heavy atom. The molecule has 0 bridgehead atoms. The van der Waals surface area contributed by atoms with E-state index in [0.717, 1.165) is 13.0 Å². The third kappa shape index (κ3) is 2.71. The predicted molar refractivity (Wildman–Crippen MR) is 61.0 cm³/mol. The number of ether oxygens (including phenoxy) is 1. The molecule has 1 aromatic heterocycles. The highest BCUT2D eigenvalue weighted by Gasteiger charge is 2.24. The summed E-state index contributed by atoms with van der Waals surface area (Å²) < 4.78 is 5.44. The number of aromatic nitrogens is 2. The van der Waals surface area contributed by atoms with Crippen molar-refractivity contribution in [2.75, 3.05) is 18.5 Å². The number of rotatable bonds is 4. The van der Waals surface area contributed by atoms with E-state index in [-0.39, 0.29) is 11.8 Å². The van der Waals surface area contributed by atoms with Crippen molar-refractivity contribution in [1.82, 2.24) is 9.97 Å². The quantitative estimate of drug-likeness (QED) is 0.813. The number of carbonyl (C=O) groups is 1. The van der Waals surface area contributed by atoms with Crippen LogP contribution >= 0.6 is 0 Å². The van der Waals surface area contributed by atoms with Gasteiger partial charge in [-0.25, -0.2) is 14.8 Å². The number of nitrogens with one attached hydrogen (secondary N) is 1. The van der Waals surface area contributed by atoms with Crippen molar-refractivity contribution in [2.24, 2.45) is 5.92 Å². The molecule has 6 heteroatoms. The fourth-order valence-electron chi connectivity index (χ4n) is 1.90.